The van der Waals surface area contributed by atoms with Gasteiger partial charge in [0.25, 0.3) is 0 Å². The molecule has 3 nitrogen and oxygen atoms in total. The maximum absolute atomic E-state index is 9.14. The van der Waals surface area contributed by atoms with Crippen molar-refractivity contribution in [1.29, 1.82) is 0 Å². The van der Waals surface area contributed by atoms with Crippen LogP contribution >= 0.6 is 0 Å². The number of aliphatic hydroxyl groups excluding tert-OH is 1. The predicted octanol–water partition coefficient (Wildman–Crippen LogP) is 1.59. The summed E-state index contributed by atoms with van der Waals surface area (Å²) in [5.74, 6) is 6.02. The highest BCUT2D eigenvalue weighted by Gasteiger charge is 2.07. The summed E-state index contributed by atoms with van der Waals surface area (Å²) in [5, 5.41) is 9.14. The highest BCUT2D eigenvalue weighted by Crippen LogP contribution is 2.11. The topological polar surface area (TPSA) is 49.5 Å². The SMILES string of the molecule is CCCCN(CCO)Cc1ccccc1C#CCN. The predicted molar refractivity (Wildman–Crippen MR) is 79.6 cm³/mol. The van der Waals surface area contributed by atoms with Crippen LogP contribution in [0, 0.1) is 11.8 Å². The van der Waals surface area contributed by atoms with Gasteiger partial charge in [0.15, 0.2) is 0 Å². The van der Waals surface area contributed by atoms with Crippen molar-refractivity contribution in [3.8, 4) is 11.8 Å². The normalized spacial score (nSPS) is 10.3. The van der Waals surface area contributed by atoms with E-state index in [0.29, 0.717) is 13.1 Å². The average molecular weight is 260 g/mol. The Morgan fingerprint density at radius 2 is 2.05 bits per heavy atom. The van der Waals surface area contributed by atoms with Gasteiger partial charge in [-0.2, -0.15) is 0 Å². The second-order valence-electron chi connectivity index (χ2n) is 4.52. The lowest BCUT2D eigenvalue weighted by Gasteiger charge is -2.21. The lowest BCUT2D eigenvalue weighted by atomic mass is 10.1. The Labute approximate surface area is 116 Å². The molecule has 0 aromatic heterocycles. The summed E-state index contributed by atoms with van der Waals surface area (Å²) >= 11 is 0. The van der Waals surface area contributed by atoms with Crippen molar-refractivity contribution < 1.29 is 5.11 Å². The number of benzene rings is 1. The van der Waals surface area contributed by atoms with Gasteiger partial charge in [0.2, 0.25) is 0 Å². The number of nitrogens with zero attached hydrogens (tertiary/aromatic N) is 1. The number of hydrogen-bond donors (Lipinski definition) is 2. The number of hydrogen-bond acceptors (Lipinski definition) is 3. The number of aliphatic hydroxyl groups is 1. The first-order valence-corrected chi connectivity index (χ1v) is 6.91. The molecule has 104 valence electrons. The van der Waals surface area contributed by atoms with Gasteiger partial charge in [-0.15, -0.1) is 0 Å². The molecule has 1 rings (SSSR count). The van der Waals surface area contributed by atoms with Crippen molar-refractivity contribution in [2.24, 2.45) is 5.73 Å². The minimum atomic E-state index is 0.195. The molecule has 0 unspecified atom stereocenters. The molecule has 3 N–H and O–H groups in total. The number of unbranched alkanes of at least 4 members (excludes halogenated alkanes) is 1. The molecule has 0 saturated heterocycles. The van der Waals surface area contributed by atoms with Crippen LogP contribution in [-0.2, 0) is 6.54 Å². The van der Waals surface area contributed by atoms with E-state index in [9.17, 15) is 0 Å². The Morgan fingerprint density at radius 3 is 2.74 bits per heavy atom. The molecular formula is C16H24N2O. The molecule has 19 heavy (non-hydrogen) atoms. The van der Waals surface area contributed by atoms with E-state index in [0.717, 1.165) is 31.5 Å². The fraction of sp³-hybridized carbons (Fsp3) is 0.500. The van der Waals surface area contributed by atoms with Crippen LogP contribution < -0.4 is 5.73 Å². The van der Waals surface area contributed by atoms with Crippen LogP contribution in [-0.4, -0.2) is 36.2 Å². The first kappa shape index (κ1) is 15.7. The number of nitrogens with two attached hydrogens (primary N) is 1. The fourth-order valence-corrected chi connectivity index (χ4v) is 1.96. The van der Waals surface area contributed by atoms with Crippen molar-refractivity contribution in [2.45, 2.75) is 26.3 Å². The van der Waals surface area contributed by atoms with Crippen molar-refractivity contribution in [3.63, 3.8) is 0 Å². The summed E-state index contributed by atoms with van der Waals surface area (Å²) in [4.78, 5) is 2.27. The van der Waals surface area contributed by atoms with Crippen LogP contribution in [0.3, 0.4) is 0 Å². The van der Waals surface area contributed by atoms with Crippen LogP contribution in [0.5, 0.6) is 0 Å². The third kappa shape index (κ3) is 5.89. The van der Waals surface area contributed by atoms with Crippen LogP contribution in [0.15, 0.2) is 24.3 Å². The van der Waals surface area contributed by atoms with Gasteiger partial charge in [0.1, 0.15) is 0 Å². The van der Waals surface area contributed by atoms with Gasteiger partial charge < -0.3 is 10.8 Å². The zero-order valence-electron chi connectivity index (χ0n) is 11.7. The second-order valence-corrected chi connectivity index (χ2v) is 4.52. The summed E-state index contributed by atoms with van der Waals surface area (Å²) in [5.41, 5.74) is 7.66. The second kappa shape index (κ2) is 9.57. The summed E-state index contributed by atoms with van der Waals surface area (Å²) in [6.07, 6.45) is 2.31. The molecule has 3 heteroatoms. The fourth-order valence-electron chi connectivity index (χ4n) is 1.96. The lowest BCUT2D eigenvalue weighted by molar-refractivity contribution is 0.188. The molecule has 0 aliphatic rings. The number of rotatable bonds is 7. The molecule has 0 spiro atoms. The Kier molecular flexibility index (Phi) is 7.92. The van der Waals surface area contributed by atoms with Gasteiger partial charge in [-0.25, -0.2) is 0 Å². The van der Waals surface area contributed by atoms with Gasteiger partial charge in [-0.05, 0) is 24.6 Å². The van der Waals surface area contributed by atoms with Gasteiger partial charge in [-0.1, -0.05) is 43.4 Å². The Hall–Kier alpha value is -1.34. The van der Waals surface area contributed by atoms with E-state index in [-0.39, 0.29) is 6.61 Å². The average Bonchev–Trinajstić information content (AvgIpc) is 2.44. The molecule has 1 aromatic carbocycles. The van der Waals surface area contributed by atoms with Crippen LogP contribution in [0.4, 0.5) is 0 Å². The van der Waals surface area contributed by atoms with E-state index >= 15 is 0 Å². The van der Waals surface area contributed by atoms with Crippen LogP contribution in [0.1, 0.15) is 30.9 Å². The molecule has 0 amide bonds. The Balaban J connectivity index is 2.77. The van der Waals surface area contributed by atoms with Crippen molar-refractivity contribution in [3.05, 3.63) is 35.4 Å². The molecule has 0 aliphatic carbocycles. The van der Waals surface area contributed by atoms with E-state index in [1.165, 1.54) is 5.56 Å². The molecule has 0 bridgehead atoms. The molecule has 0 atom stereocenters. The minimum absolute atomic E-state index is 0.195. The Bertz CT molecular complexity index is 420. The zero-order chi connectivity index (χ0) is 13.9. The van der Waals surface area contributed by atoms with E-state index < -0.39 is 0 Å². The van der Waals surface area contributed by atoms with E-state index in [1.54, 1.807) is 0 Å². The highest BCUT2D eigenvalue weighted by molar-refractivity contribution is 5.41. The van der Waals surface area contributed by atoms with Gasteiger partial charge in [-0.3, -0.25) is 4.90 Å². The molecule has 0 saturated carbocycles. The van der Waals surface area contributed by atoms with Gasteiger partial charge in [0.05, 0.1) is 13.2 Å². The maximum atomic E-state index is 9.14. The largest absolute Gasteiger partial charge is 0.395 e. The van der Waals surface area contributed by atoms with Crippen LogP contribution in [0.2, 0.25) is 0 Å². The van der Waals surface area contributed by atoms with E-state index in [1.807, 2.05) is 18.2 Å². The van der Waals surface area contributed by atoms with E-state index in [2.05, 4.69) is 29.7 Å². The van der Waals surface area contributed by atoms with Crippen LogP contribution in [0.25, 0.3) is 0 Å². The quantitative estimate of drug-likeness (QED) is 0.732. The minimum Gasteiger partial charge on any atom is -0.395 e. The third-order valence-electron chi connectivity index (χ3n) is 2.98. The molecule has 0 fully saturated rings. The van der Waals surface area contributed by atoms with Gasteiger partial charge >= 0.3 is 0 Å². The maximum Gasteiger partial charge on any atom is 0.0558 e. The first-order chi connectivity index (χ1) is 9.31. The standard InChI is InChI=1S/C16H24N2O/c1-2-3-11-18(12-13-19)14-16-8-5-4-7-15(16)9-6-10-17/h4-5,7-8,19H,2-3,10-14,17H2,1H3. The summed E-state index contributed by atoms with van der Waals surface area (Å²) < 4.78 is 0. The summed E-state index contributed by atoms with van der Waals surface area (Å²) in [6.45, 7) is 5.30. The van der Waals surface area contributed by atoms with Crippen molar-refractivity contribution >= 4 is 0 Å². The zero-order valence-corrected chi connectivity index (χ0v) is 11.7. The molecule has 0 heterocycles. The highest BCUT2D eigenvalue weighted by atomic mass is 16.3. The molecular weight excluding hydrogens is 236 g/mol. The third-order valence-corrected chi connectivity index (χ3v) is 2.98. The monoisotopic (exact) mass is 260 g/mol. The van der Waals surface area contributed by atoms with E-state index in [4.69, 9.17) is 10.8 Å². The first-order valence-electron chi connectivity index (χ1n) is 6.91. The summed E-state index contributed by atoms with van der Waals surface area (Å²) in [7, 11) is 0. The molecule has 0 aliphatic heterocycles. The van der Waals surface area contributed by atoms with Crippen molar-refractivity contribution in [2.75, 3.05) is 26.2 Å². The molecule has 1 aromatic rings. The molecule has 0 radical (unpaired) electrons. The van der Waals surface area contributed by atoms with Gasteiger partial charge in [0, 0.05) is 18.7 Å². The van der Waals surface area contributed by atoms with Crippen molar-refractivity contribution in [1.82, 2.24) is 4.90 Å². The lowest BCUT2D eigenvalue weighted by Crippen LogP contribution is -2.27. The summed E-state index contributed by atoms with van der Waals surface area (Å²) in [6, 6.07) is 8.14. The Morgan fingerprint density at radius 1 is 1.26 bits per heavy atom. The smallest absolute Gasteiger partial charge is 0.0558 e.